The highest BCUT2D eigenvalue weighted by molar-refractivity contribution is 5.86. The molecule has 2 rings (SSSR count). The van der Waals surface area contributed by atoms with Gasteiger partial charge in [-0.15, -0.1) is 0 Å². The number of hydrogen-bond acceptors (Lipinski definition) is 5. The molecule has 0 aliphatic carbocycles. The van der Waals surface area contributed by atoms with Crippen LogP contribution in [0.2, 0.25) is 0 Å². The van der Waals surface area contributed by atoms with E-state index in [1.54, 1.807) is 16.7 Å². The molecule has 2 saturated heterocycles. The van der Waals surface area contributed by atoms with Crippen molar-refractivity contribution in [1.29, 1.82) is 0 Å². The zero-order chi connectivity index (χ0) is 20.0. The number of amides is 4. The predicted molar refractivity (Wildman–Crippen MR) is 98.4 cm³/mol. The number of carbonyl (C=O) groups excluding carboxylic acids is 3. The van der Waals surface area contributed by atoms with Crippen LogP contribution in [0.1, 0.15) is 33.1 Å². The average Bonchev–Trinajstić information content (AvgIpc) is 2.79. The van der Waals surface area contributed by atoms with Crippen molar-refractivity contribution < 1.29 is 24.2 Å². The molecule has 4 amide bonds. The van der Waals surface area contributed by atoms with E-state index in [1.165, 1.54) is 6.42 Å². The molecule has 2 aliphatic rings. The van der Waals surface area contributed by atoms with Gasteiger partial charge in [-0.2, -0.15) is 0 Å². The Labute approximate surface area is 160 Å². The van der Waals surface area contributed by atoms with Crippen LogP contribution in [-0.4, -0.2) is 83.8 Å². The summed E-state index contributed by atoms with van der Waals surface area (Å²) in [6.07, 6.45) is 2.02. The topological polar surface area (TPSA) is 125 Å². The first kappa shape index (κ1) is 21.4. The number of urea groups is 1. The van der Waals surface area contributed by atoms with Crippen LogP contribution in [0.4, 0.5) is 4.79 Å². The van der Waals surface area contributed by atoms with Crippen molar-refractivity contribution in [3.63, 3.8) is 0 Å². The van der Waals surface area contributed by atoms with Gasteiger partial charge >= 0.3 is 6.03 Å². The number of morpholine rings is 1. The Morgan fingerprint density at radius 1 is 1.30 bits per heavy atom. The zero-order valence-electron chi connectivity index (χ0n) is 16.1. The maximum atomic E-state index is 12.8. The lowest BCUT2D eigenvalue weighted by atomic mass is 10.0. The lowest BCUT2D eigenvalue weighted by Gasteiger charge is -2.36. The van der Waals surface area contributed by atoms with Crippen molar-refractivity contribution in [2.24, 2.45) is 11.7 Å². The fourth-order valence-electron chi connectivity index (χ4n) is 3.29. The Hall–Kier alpha value is -1.87. The molecule has 0 aromatic carbocycles. The fraction of sp³-hybridized carbons (Fsp3) is 0.778. The molecular weight excluding hydrogens is 352 g/mol. The summed E-state index contributed by atoms with van der Waals surface area (Å²) in [6.45, 7) is 5.92. The van der Waals surface area contributed by atoms with Gasteiger partial charge in [-0.1, -0.05) is 6.92 Å². The van der Waals surface area contributed by atoms with Crippen LogP contribution in [0, 0.1) is 12.3 Å². The Kier molecular flexibility index (Phi) is 7.85. The molecule has 2 heterocycles. The molecule has 4 N–H and O–H groups in total. The molecule has 0 aromatic heterocycles. The van der Waals surface area contributed by atoms with Gasteiger partial charge in [0.25, 0.3) is 0 Å². The van der Waals surface area contributed by atoms with Gasteiger partial charge < -0.3 is 30.7 Å². The van der Waals surface area contributed by atoms with Gasteiger partial charge in [-0.05, 0) is 26.2 Å². The predicted octanol–water partition coefficient (Wildman–Crippen LogP) is -0.516. The van der Waals surface area contributed by atoms with Crippen LogP contribution in [-0.2, 0) is 14.3 Å². The van der Waals surface area contributed by atoms with E-state index in [4.69, 9.17) is 10.5 Å². The first-order valence-electron chi connectivity index (χ1n) is 9.54. The molecule has 0 aromatic rings. The van der Waals surface area contributed by atoms with Gasteiger partial charge in [-0.3, -0.25) is 9.59 Å². The molecule has 153 valence electrons. The lowest BCUT2D eigenvalue weighted by molar-refractivity contribution is -0.121. The van der Waals surface area contributed by atoms with E-state index in [0.29, 0.717) is 39.1 Å². The monoisotopic (exact) mass is 383 g/mol. The molecule has 0 bridgehead atoms. The molecule has 9 nitrogen and oxygen atoms in total. The van der Waals surface area contributed by atoms with Crippen molar-refractivity contribution in [2.45, 2.75) is 51.3 Å². The number of aliphatic hydroxyl groups is 1. The van der Waals surface area contributed by atoms with E-state index in [2.05, 4.69) is 5.32 Å². The molecule has 0 spiro atoms. The summed E-state index contributed by atoms with van der Waals surface area (Å²) in [5, 5.41) is 13.4. The summed E-state index contributed by atoms with van der Waals surface area (Å²) in [7, 11) is 0. The Balaban J connectivity index is 1.89. The SMILES string of the molecule is C[C@@H]1CC[C@H](NC(=O)[CH]C[C@H](C)C(N)=O)[C@@H](O)CN1C(=O)N1CCOCC1. The second-order valence-corrected chi connectivity index (χ2v) is 7.39. The number of rotatable bonds is 5. The molecule has 9 heteroatoms. The number of β-amino-alcohol motifs (C(OH)–C–C–N with tert-alkyl or cyclic N) is 1. The third kappa shape index (κ3) is 6.07. The van der Waals surface area contributed by atoms with E-state index in [9.17, 15) is 19.5 Å². The van der Waals surface area contributed by atoms with Gasteiger partial charge in [0.2, 0.25) is 11.8 Å². The van der Waals surface area contributed by atoms with Crippen LogP contribution in [0.15, 0.2) is 0 Å². The Morgan fingerprint density at radius 3 is 2.59 bits per heavy atom. The summed E-state index contributed by atoms with van der Waals surface area (Å²) < 4.78 is 5.28. The standard InChI is InChI=1S/C18H31N4O5/c1-12(17(19)25)3-6-16(24)20-14-5-4-13(2)22(11-15(14)23)18(26)21-7-9-27-10-8-21/h6,12-15,23H,3-5,7-11H2,1-2H3,(H2,19,25)(H,20,24)/t12-,13+,14-,15-/m0/s1. The molecule has 4 atom stereocenters. The maximum absolute atomic E-state index is 12.8. The van der Waals surface area contributed by atoms with Crippen LogP contribution < -0.4 is 11.1 Å². The highest BCUT2D eigenvalue weighted by Crippen LogP contribution is 2.20. The Morgan fingerprint density at radius 2 is 1.96 bits per heavy atom. The smallest absolute Gasteiger partial charge is 0.320 e. The number of aliphatic hydroxyl groups excluding tert-OH is 1. The average molecular weight is 383 g/mol. The summed E-state index contributed by atoms with van der Waals surface area (Å²) in [5.41, 5.74) is 5.19. The first-order chi connectivity index (χ1) is 12.8. The molecular formula is C18H31N4O5. The van der Waals surface area contributed by atoms with Crippen LogP contribution in [0.5, 0.6) is 0 Å². The van der Waals surface area contributed by atoms with Crippen molar-refractivity contribution in [2.75, 3.05) is 32.8 Å². The van der Waals surface area contributed by atoms with E-state index < -0.39 is 24.0 Å². The molecule has 2 fully saturated rings. The summed E-state index contributed by atoms with van der Waals surface area (Å²) in [5.74, 6) is -1.22. The highest BCUT2D eigenvalue weighted by atomic mass is 16.5. The normalized spacial score (nSPS) is 27.6. The van der Waals surface area contributed by atoms with Gasteiger partial charge in [0.1, 0.15) is 0 Å². The number of primary amides is 1. The third-order valence-electron chi connectivity index (χ3n) is 5.27. The Bertz CT molecular complexity index is 538. The number of nitrogens with two attached hydrogens (primary N) is 1. The number of ether oxygens (including phenoxy) is 1. The van der Waals surface area contributed by atoms with E-state index in [-0.39, 0.29) is 30.9 Å². The highest BCUT2D eigenvalue weighted by Gasteiger charge is 2.34. The van der Waals surface area contributed by atoms with Crippen LogP contribution in [0.25, 0.3) is 0 Å². The van der Waals surface area contributed by atoms with E-state index in [1.807, 2.05) is 6.92 Å². The second kappa shape index (κ2) is 9.89. The summed E-state index contributed by atoms with van der Waals surface area (Å²) in [4.78, 5) is 39.4. The minimum atomic E-state index is -0.856. The van der Waals surface area contributed by atoms with Crippen molar-refractivity contribution in [3.05, 3.63) is 6.42 Å². The molecule has 0 saturated carbocycles. The quantitative estimate of drug-likeness (QED) is 0.589. The van der Waals surface area contributed by atoms with Gasteiger partial charge in [0.05, 0.1) is 38.3 Å². The second-order valence-electron chi connectivity index (χ2n) is 7.39. The van der Waals surface area contributed by atoms with Gasteiger partial charge in [-0.25, -0.2) is 4.79 Å². The number of likely N-dealkylation sites (tertiary alicyclic amines) is 1. The number of nitrogens with zero attached hydrogens (tertiary/aromatic N) is 2. The minimum absolute atomic E-state index is 0.0317. The largest absolute Gasteiger partial charge is 0.389 e. The number of hydrogen-bond donors (Lipinski definition) is 3. The maximum Gasteiger partial charge on any atom is 0.320 e. The van der Waals surface area contributed by atoms with Crippen molar-refractivity contribution >= 4 is 17.8 Å². The molecule has 0 unspecified atom stereocenters. The minimum Gasteiger partial charge on any atom is -0.389 e. The van der Waals surface area contributed by atoms with Gasteiger partial charge in [0.15, 0.2) is 0 Å². The molecule has 1 radical (unpaired) electrons. The van der Waals surface area contributed by atoms with Gasteiger partial charge in [0, 0.05) is 25.0 Å². The zero-order valence-corrected chi connectivity index (χ0v) is 16.1. The molecule has 27 heavy (non-hydrogen) atoms. The van der Waals surface area contributed by atoms with Crippen LogP contribution >= 0.6 is 0 Å². The summed E-state index contributed by atoms with van der Waals surface area (Å²) in [6, 6.07) is -0.572. The summed E-state index contributed by atoms with van der Waals surface area (Å²) >= 11 is 0. The van der Waals surface area contributed by atoms with Crippen molar-refractivity contribution in [3.8, 4) is 0 Å². The number of carbonyl (C=O) groups is 3. The van der Waals surface area contributed by atoms with E-state index in [0.717, 1.165) is 0 Å². The third-order valence-corrected chi connectivity index (χ3v) is 5.27. The fourth-order valence-corrected chi connectivity index (χ4v) is 3.29. The number of nitrogens with one attached hydrogen (secondary N) is 1. The molecule has 2 aliphatic heterocycles. The lowest BCUT2D eigenvalue weighted by Crippen LogP contribution is -2.53. The van der Waals surface area contributed by atoms with Crippen LogP contribution in [0.3, 0.4) is 0 Å². The first-order valence-corrected chi connectivity index (χ1v) is 9.54. The van der Waals surface area contributed by atoms with E-state index >= 15 is 0 Å². The van der Waals surface area contributed by atoms with Crippen molar-refractivity contribution in [1.82, 2.24) is 15.1 Å².